The minimum atomic E-state index is -0.495. The summed E-state index contributed by atoms with van der Waals surface area (Å²) < 4.78 is 0. The second kappa shape index (κ2) is 4.53. The maximum Gasteiger partial charge on any atom is 0.0897 e. The molecule has 1 aromatic rings. The Kier molecular flexibility index (Phi) is 3.45. The number of likely N-dealkylation sites (tertiary alicyclic amines) is 1. The van der Waals surface area contributed by atoms with Crippen molar-refractivity contribution in [1.82, 2.24) is 4.90 Å². The maximum atomic E-state index is 9.89. The van der Waals surface area contributed by atoms with E-state index in [0.717, 1.165) is 23.6 Å². The monoisotopic (exact) mass is 259 g/mol. The smallest absolute Gasteiger partial charge is 0.0897 e. The summed E-state index contributed by atoms with van der Waals surface area (Å²) in [5.41, 5.74) is 0.526. The molecule has 0 spiro atoms. The topological polar surface area (TPSA) is 23.5 Å². The van der Waals surface area contributed by atoms with Gasteiger partial charge in [0.25, 0.3) is 0 Å². The van der Waals surface area contributed by atoms with E-state index in [4.69, 9.17) is 23.2 Å². The Morgan fingerprint density at radius 2 is 2.06 bits per heavy atom. The number of β-amino-alcohol motifs (C(OH)–C–C–N with tert-alkyl or cyclic N) is 1. The largest absolute Gasteiger partial charge is 0.387 e. The molecule has 2 nitrogen and oxygen atoms in total. The molecule has 0 aromatic heterocycles. The van der Waals surface area contributed by atoms with Crippen LogP contribution in [0, 0.1) is 0 Å². The first-order chi connectivity index (χ1) is 7.52. The zero-order valence-electron chi connectivity index (χ0n) is 9.21. The van der Waals surface area contributed by atoms with E-state index in [0.29, 0.717) is 18.1 Å². The van der Waals surface area contributed by atoms with E-state index in [9.17, 15) is 5.11 Å². The zero-order chi connectivity index (χ0) is 11.8. The van der Waals surface area contributed by atoms with Crippen LogP contribution in [-0.2, 0) is 6.54 Å². The van der Waals surface area contributed by atoms with E-state index >= 15 is 0 Å². The van der Waals surface area contributed by atoms with Gasteiger partial charge in [0.15, 0.2) is 0 Å². The van der Waals surface area contributed by atoms with Crippen molar-refractivity contribution in [1.29, 1.82) is 0 Å². The van der Waals surface area contributed by atoms with Crippen LogP contribution in [0.3, 0.4) is 0 Å². The SMILES string of the molecule is CCC1(O)CN(Cc2cc(Cl)ccc2Cl)C1. The summed E-state index contributed by atoms with van der Waals surface area (Å²) in [7, 11) is 0. The van der Waals surface area contributed by atoms with Gasteiger partial charge in [-0.2, -0.15) is 0 Å². The Balaban J connectivity index is 1.99. The number of hydrogen-bond acceptors (Lipinski definition) is 2. The molecule has 1 aliphatic rings. The van der Waals surface area contributed by atoms with Crippen LogP contribution in [0.15, 0.2) is 18.2 Å². The highest BCUT2D eigenvalue weighted by Gasteiger charge is 2.39. The van der Waals surface area contributed by atoms with Crippen molar-refractivity contribution in [2.24, 2.45) is 0 Å². The van der Waals surface area contributed by atoms with E-state index in [1.165, 1.54) is 0 Å². The number of nitrogens with zero attached hydrogens (tertiary/aromatic N) is 1. The average Bonchev–Trinajstić information content (AvgIpc) is 2.21. The summed E-state index contributed by atoms with van der Waals surface area (Å²) >= 11 is 12.0. The fourth-order valence-electron chi connectivity index (χ4n) is 2.03. The van der Waals surface area contributed by atoms with Crippen molar-refractivity contribution in [2.45, 2.75) is 25.5 Å². The molecule has 1 aromatic carbocycles. The molecule has 1 saturated heterocycles. The van der Waals surface area contributed by atoms with Crippen LogP contribution in [0.5, 0.6) is 0 Å². The summed E-state index contributed by atoms with van der Waals surface area (Å²) in [5.74, 6) is 0. The lowest BCUT2D eigenvalue weighted by atomic mass is 9.91. The fourth-order valence-corrected chi connectivity index (χ4v) is 2.40. The molecule has 0 bridgehead atoms. The molecule has 0 radical (unpaired) electrons. The van der Waals surface area contributed by atoms with Crippen molar-refractivity contribution in [3.8, 4) is 0 Å². The Morgan fingerprint density at radius 1 is 1.38 bits per heavy atom. The van der Waals surface area contributed by atoms with Crippen LogP contribution in [0.4, 0.5) is 0 Å². The highest BCUT2D eigenvalue weighted by molar-refractivity contribution is 6.33. The van der Waals surface area contributed by atoms with Crippen LogP contribution in [0.2, 0.25) is 10.0 Å². The number of aliphatic hydroxyl groups is 1. The third-order valence-corrected chi connectivity index (χ3v) is 3.70. The Morgan fingerprint density at radius 3 is 2.69 bits per heavy atom. The minimum Gasteiger partial charge on any atom is -0.387 e. The van der Waals surface area contributed by atoms with Crippen LogP contribution in [-0.4, -0.2) is 28.7 Å². The highest BCUT2D eigenvalue weighted by atomic mass is 35.5. The second-order valence-electron chi connectivity index (χ2n) is 4.46. The van der Waals surface area contributed by atoms with Gasteiger partial charge in [0.2, 0.25) is 0 Å². The first kappa shape index (κ1) is 12.2. The number of hydrogen-bond donors (Lipinski definition) is 1. The molecule has 0 aliphatic carbocycles. The van der Waals surface area contributed by atoms with Gasteiger partial charge in [0.05, 0.1) is 5.60 Å². The predicted molar refractivity (Wildman–Crippen MR) is 67.0 cm³/mol. The van der Waals surface area contributed by atoms with E-state index < -0.39 is 5.60 Å². The van der Waals surface area contributed by atoms with Crippen molar-refractivity contribution >= 4 is 23.2 Å². The molecule has 1 heterocycles. The molecule has 88 valence electrons. The summed E-state index contributed by atoms with van der Waals surface area (Å²) in [6.07, 6.45) is 0.798. The van der Waals surface area contributed by atoms with Gasteiger partial charge < -0.3 is 5.11 Å². The van der Waals surface area contributed by atoms with Crippen molar-refractivity contribution in [3.05, 3.63) is 33.8 Å². The van der Waals surface area contributed by atoms with Gasteiger partial charge in [-0.15, -0.1) is 0 Å². The average molecular weight is 260 g/mol. The van der Waals surface area contributed by atoms with Gasteiger partial charge in [0, 0.05) is 29.7 Å². The predicted octanol–water partition coefficient (Wildman–Crippen LogP) is 2.95. The summed E-state index contributed by atoms with van der Waals surface area (Å²) in [6, 6.07) is 5.48. The lowest BCUT2D eigenvalue weighted by Crippen LogP contribution is -2.60. The summed E-state index contributed by atoms with van der Waals surface area (Å²) in [4.78, 5) is 2.17. The van der Waals surface area contributed by atoms with E-state index in [2.05, 4.69) is 4.90 Å². The molecule has 4 heteroatoms. The molecular formula is C12H15Cl2NO. The third-order valence-electron chi connectivity index (χ3n) is 3.10. The normalized spacial score (nSPS) is 19.5. The van der Waals surface area contributed by atoms with Crippen LogP contribution >= 0.6 is 23.2 Å². The molecule has 0 amide bonds. The summed E-state index contributed by atoms with van der Waals surface area (Å²) in [6.45, 7) is 4.18. The minimum absolute atomic E-state index is 0.495. The number of halogens is 2. The Bertz CT molecular complexity index is 389. The second-order valence-corrected chi connectivity index (χ2v) is 5.30. The van der Waals surface area contributed by atoms with Crippen molar-refractivity contribution in [3.63, 3.8) is 0 Å². The number of benzene rings is 1. The molecule has 0 atom stereocenters. The summed E-state index contributed by atoms with van der Waals surface area (Å²) in [5, 5.41) is 11.3. The van der Waals surface area contributed by atoms with Gasteiger partial charge in [-0.25, -0.2) is 0 Å². The molecule has 2 rings (SSSR count). The Hall–Kier alpha value is -0.280. The third kappa shape index (κ3) is 2.51. The van der Waals surface area contributed by atoms with Gasteiger partial charge in [-0.05, 0) is 30.2 Å². The fraction of sp³-hybridized carbons (Fsp3) is 0.500. The lowest BCUT2D eigenvalue weighted by Gasteiger charge is -2.46. The molecule has 0 unspecified atom stereocenters. The Labute approximate surface area is 106 Å². The molecule has 0 saturated carbocycles. The van der Waals surface area contributed by atoms with E-state index in [1.54, 1.807) is 6.07 Å². The molecule has 1 aliphatic heterocycles. The van der Waals surface area contributed by atoms with E-state index in [-0.39, 0.29) is 0 Å². The number of rotatable bonds is 3. The standard InChI is InChI=1S/C12H15Cl2NO/c1-2-12(16)7-15(8-12)6-9-5-10(13)3-4-11(9)14/h3-5,16H,2,6-8H2,1H3. The van der Waals surface area contributed by atoms with Crippen LogP contribution in [0.1, 0.15) is 18.9 Å². The lowest BCUT2D eigenvalue weighted by molar-refractivity contribution is -0.103. The van der Waals surface area contributed by atoms with Gasteiger partial charge in [-0.1, -0.05) is 30.1 Å². The maximum absolute atomic E-state index is 9.89. The molecular weight excluding hydrogens is 245 g/mol. The molecule has 1 fully saturated rings. The van der Waals surface area contributed by atoms with Crippen molar-refractivity contribution < 1.29 is 5.11 Å². The first-order valence-corrected chi connectivity index (χ1v) is 6.17. The van der Waals surface area contributed by atoms with Crippen molar-refractivity contribution in [2.75, 3.05) is 13.1 Å². The molecule has 1 N–H and O–H groups in total. The highest BCUT2D eigenvalue weighted by Crippen LogP contribution is 2.28. The van der Waals surface area contributed by atoms with Gasteiger partial charge in [-0.3, -0.25) is 4.90 Å². The van der Waals surface area contributed by atoms with Crippen LogP contribution in [0.25, 0.3) is 0 Å². The molecule has 16 heavy (non-hydrogen) atoms. The first-order valence-electron chi connectivity index (χ1n) is 5.41. The van der Waals surface area contributed by atoms with Gasteiger partial charge >= 0.3 is 0 Å². The van der Waals surface area contributed by atoms with Crippen LogP contribution < -0.4 is 0 Å². The van der Waals surface area contributed by atoms with E-state index in [1.807, 2.05) is 19.1 Å². The van der Waals surface area contributed by atoms with Gasteiger partial charge in [0.1, 0.15) is 0 Å². The quantitative estimate of drug-likeness (QED) is 0.903. The zero-order valence-corrected chi connectivity index (χ0v) is 10.7.